The number of hydrogen-bond acceptors (Lipinski definition) is 4. The fourth-order valence-electron chi connectivity index (χ4n) is 1.46. The molecule has 1 unspecified atom stereocenters. The van der Waals surface area contributed by atoms with E-state index in [1.807, 2.05) is 16.8 Å². The Morgan fingerprint density at radius 3 is 3.00 bits per heavy atom. The smallest absolute Gasteiger partial charge is 0.287 e. The molecule has 0 saturated carbocycles. The summed E-state index contributed by atoms with van der Waals surface area (Å²) in [6, 6.07) is 3.56. The van der Waals surface area contributed by atoms with Gasteiger partial charge in [0.25, 0.3) is 5.91 Å². The number of carbonyl (C=O) groups is 1. The number of carbonyl (C=O) groups excluding carboxylic acids is 1. The van der Waals surface area contributed by atoms with Crippen LogP contribution in [0.5, 0.6) is 0 Å². The van der Waals surface area contributed by atoms with Crippen LogP contribution in [0.25, 0.3) is 0 Å². The van der Waals surface area contributed by atoms with Crippen molar-refractivity contribution in [1.82, 2.24) is 5.32 Å². The van der Waals surface area contributed by atoms with Crippen LogP contribution in [0.15, 0.2) is 33.6 Å². The summed E-state index contributed by atoms with van der Waals surface area (Å²) in [7, 11) is 0. The molecule has 5 heteroatoms. The molecule has 2 aromatic heterocycles. The Kier molecular flexibility index (Phi) is 3.61. The van der Waals surface area contributed by atoms with Crippen LogP contribution in [0.4, 0.5) is 0 Å². The van der Waals surface area contributed by atoms with Crippen LogP contribution < -0.4 is 5.32 Å². The average Bonchev–Trinajstić information content (AvgIpc) is 2.95. The van der Waals surface area contributed by atoms with Crippen LogP contribution in [0, 0.1) is 6.92 Å². The molecule has 90 valence electrons. The van der Waals surface area contributed by atoms with Gasteiger partial charge in [0.05, 0.1) is 12.4 Å². The Hall–Kier alpha value is -1.59. The lowest BCUT2D eigenvalue weighted by Crippen LogP contribution is -2.28. The molecular formula is C12H13NO3S. The number of thiophene rings is 1. The Bertz CT molecular complexity index is 490. The maximum Gasteiger partial charge on any atom is 0.287 e. The van der Waals surface area contributed by atoms with Gasteiger partial charge in [-0.05, 0) is 35.4 Å². The molecule has 2 aromatic rings. The normalized spacial score (nSPS) is 12.4. The van der Waals surface area contributed by atoms with Crippen LogP contribution in [0.1, 0.15) is 27.8 Å². The minimum atomic E-state index is -0.680. The van der Waals surface area contributed by atoms with Crippen molar-refractivity contribution in [3.63, 3.8) is 0 Å². The van der Waals surface area contributed by atoms with Gasteiger partial charge in [-0.25, -0.2) is 0 Å². The van der Waals surface area contributed by atoms with Crippen molar-refractivity contribution in [2.45, 2.75) is 13.0 Å². The number of nitrogens with one attached hydrogen (secondary N) is 1. The van der Waals surface area contributed by atoms with Crippen LogP contribution in [0.2, 0.25) is 0 Å². The van der Waals surface area contributed by atoms with Crippen LogP contribution in [0.3, 0.4) is 0 Å². The summed E-state index contributed by atoms with van der Waals surface area (Å²) >= 11 is 1.51. The van der Waals surface area contributed by atoms with Gasteiger partial charge in [0, 0.05) is 12.1 Å². The molecule has 2 heterocycles. The molecule has 0 aromatic carbocycles. The highest BCUT2D eigenvalue weighted by atomic mass is 32.1. The fraction of sp³-hybridized carbons (Fsp3) is 0.250. The van der Waals surface area contributed by atoms with Crippen molar-refractivity contribution in [2.24, 2.45) is 0 Å². The largest absolute Gasteiger partial charge is 0.459 e. The molecule has 17 heavy (non-hydrogen) atoms. The van der Waals surface area contributed by atoms with Gasteiger partial charge in [-0.15, -0.1) is 0 Å². The van der Waals surface area contributed by atoms with E-state index in [1.54, 1.807) is 13.0 Å². The monoisotopic (exact) mass is 251 g/mol. The average molecular weight is 251 g/mol. The zero-order valence-electron chi connectivity index (χ0n) is 9.34. The van der Waals surface area contributed by atoms with E-state index in [9.17, 15) is 9.90 Å². The Morgan fingerprint density at radius 1 is 1.59 bits per heavy atom. The molecule has 0 aliphatic rings. The Balaban J connectivity index is 1.91. The quantitative estimate of drug-likeness (QED) is 0.874. The molecule has 0 fully saturated rings. The Labute approximate surface area is 103 Å². The van der Waals surface area contributed by atoms with Gasteiger partial charge in [0.15, 0.2) is 5.76 Å². The van der Waals surface area contributed by atoms with Crippen molar-refractivity contribution in [2.75, 3.05) is 6.54 Å². The summed E-state index contributed by atoms with van der Waals surface area (Å²) in [4.78, 5) is 11.7. The van der Waals surface area contributed by atoms with E-state index < -0.39 is 6.10 Å². The molecule has 0 bridgehead atoms. The zero-order valence-corrected chi connectivity index (χ0v) is 10.2. The molecule has 2 rings (SSSR count). The summed E-state index contributed by atoms with van der Waals surface area (Å²) in [5, 5.41) is 16.2. The number of aliphatic hydroxyl groups is 1. The van der Waals surface area contributed by atoms with Crippen LogP contribution >= 0.6 is 11.3 Å². The van der Waals surface area contributed by atoms with E-state index in [-0.39, 0.29) is 12.5 Å². The standard InChI is InChI=1S/C12H13NO3S/c1-8-2-4-16-11(8)12(15)13-6-10(14)9-3-5-17-7-9/h2-5,7,10,14H,6H2,1H3,(H,13,15). The highest BCUT2D eigenvalue weighted by Gasteiger charge is 2.14. The summed E-state index contributed by atoms with van der Waals surface area (Å²) in [5.41, 5.74) is 1.60. The maximum atomic E-state index is 11.7. The summed E-state index contributed by atoms with van der Waals surface area (Å²) < 4.78 is 5.06. The van der Waals surface area contributed by atoms with Gasteiger partial charge >= 0.3 is 0 Å². The summed E-state index contributed by atoms with van der Waals surface area (Å²) in [6.07, 6.45) is 0.792. The minimum absolute atomic E-state index is 0.176. The first kappa shape index (κ1) is 11.9. The van der Waals surface area contributed by atoms with Crippen molar-refractivity contribution in [3.05, 3.63) is 46.0 Å². The number of amides is 1. The minimum Gasteiger partial charge on any atom is -0.459 e. The summed E-state index contributed by atoms with van der Waals surface area (Å²) in [6.45, 7) is 1.98. The highest BCUT2D eigenvalue weighted by molar-refractivity contribution is 7.07. The van der Waals surface area contributed by atoms with Crippen molar-refractivity contribution < 1.29 is 14.3 Å². The molecule has 0 radical (unpaired) electrons. The SMILES string of the molecule is Cc1ccoc1C(=O)NCC(O)c1ccsc1. The third-order valence-corrected chi connectivity index (χ3v) is 3.15. The summed E-state index contributed by atoms with van der Waals surface area (Å²) in [5.74, 6) is -0.00991. The van der Waals surface area contributed by atoms with Gasteiger partial charge in [0.1, 0.15) is 0 Å². The second kappa shape index (κ2) is 5.16. The zero-order chi connectivity index (χ0) is 12.3. The lowest BCUT2D eigenvalue weighted by molar-refractivity contribution is 0.0888. The van der Waals surface area contributed by atoms with E-state index in [0.717, 1.165) is 11.1 Å². The third kappa shape index (κ3) is 2.75. The number of furan rings is 1. The van der Waals surface area contributed by atoms with Gasteiger partial charge in [-0.1, -0.05) is 0 Å². The van der Waals surface area contributed by atoms with Gasteiger partial charge < -0.3 is 14.8 Å². The lowest BCUT2D eigenvalue weighted by atomic mass is 10.2. The van der Waals surface area contributed by atoms with Crippen molar-refractivity contribution in [3.8, 4) is 0 Å². The highest BCUT2D eigenvalue weighted by Crippen LogP contribution is 2.15. The molecule has 0 saturated heterocycles. The molecule has 0 aliphatic carbocycles. The van der Waals surface area contributed by atoms with Gasteiger partial charge in [0.2, 0.25) is 0 Å². The third-order valence-electron chi connectivity index (χ3n) is 2.45. The van der Waals surface area contributed by atoms with Crippen LogP contribution in [-0.4, -0.2) is 17.6 Å². The molecule has 0 spiro atoms. The van der Waals surface area contributed by atoms with Gasteiger partial charge in [-0.2, -0.15) is 11.3 Å². The molecular weight excluding hydrogens is 238 g/mol. The van der Waals surface area contributed by atoms with E-state index in [1.165, 1.54) is 17.6 Å². The first-order chi connectivity index (χ1) is 8.18. The molecule has 1 amide bonds. The topological polar surface area (TPSA) is 62.5 Å². The van der Waals surface area contributed by atoms with Crippen molar-refractivity contribution >= 4 is 17.2 Å². The number of aryl methyl sites for hydroxylation is 1. The predicted octanol–water partition coefficient (Wildman–Crippen LogP) is 2.11. The van der Waals surface area contributed by atoms with E-state index in [0.29, 0.717) is 5.76 Å². The van der Waals surface area contributed by atoms with Crippen molar-refractivity contribution in [1.29, 1.82) is 0 Å². The number of aliphatic hydroxyl groups excluding tert-OH is 1. The second-order valence-electron chi connectivity index (χ2n) is 3.72. The van der Waals surface area contributed by atoms with Gasteiger partial charge in [-0.3, -0.25) is 4.79 Å². The maximum absolute atomic E-state index is 11.7. The molecule has 0 aliphatic heterocycles. The molecule has 4 nitrogen and oxygen atoms in total. The van der Waals surface area contributed by atoms with Crippen LogP contribution in [-0.2, 0) is 0 Å². The molecule has 2 N–H and O–H groups in total. The second-order valence-corrected chi connectivity index (χ2v) is 4.50. The van der Waals surface area contributed by atoms with E-state index in [4.69, 9.17) is 4.42 Å². The van der Waals surface area contributed by atoms with E-state index >= 15 is 0 Å². The fourth-order valence-corrected chi connectivity index (χ4v) is 2.16. The number of rotatable bonds is 4. The first-order valence-electron chi connectivity index (χ1n) is 5.21. The molecule has 1 atom stereocenters. The predicted molar refractivity (Wildman–Crippen MR) is 65.1 cm³/mol. The lowest BCUT2D eigenvalue weighted by Gasteiger charge is -2.09. The first-order valence-corrected chi connectivity index (χ1v) is 6.15. The van der Waals surface area contributed by atoms with E-state index in [2.05, 4.69) is 5.32 Å². The number of hydrogen-bond donors (Lipinski definition) is 2. The Morgan fingerprint density at radius 2 is 2.41 bits per heavy atom.